The van der Waals surface area contributed by atoms with Crippen molar-refractivity contribution in [2.45, 2.75) is 25.6 Å². The molecule has 1 saturated heterocycles. The summed E-state index contributed by atoms with van der Waals surface area (Å²) in [4.78, 5) is 0. The Hall–Kier alpha value is -1.59. The Morgan fingerprint density at radius 1 is 1.16 bits per heavy atom. The molecule has 1 fully saturated rings. The summed E-state index contributed by atoms with van der Waals surface area (Å²) in [6.45, 7) is 6.42. The number of ether oxygens (including phenoxy) is 2. The number of halogens is 1. The molecule has 0 aromatic heterocycles. The molecule has 25 heavy (non-hydrogen) atoms. The standard InChI is InChI=1S/C20H25NO3.ClH/c1-3-23-19-11-7-6-10-18(19)20(14-21-12-13-24-20)17-9-5-4-8-16(17)15(2)22;/h4-11,15,21-22H,3,12-14H2,1-2H3;1H. The summed E-state index contributed by atoms with van der Waals surface area (Å²) in [5.41, 5.74) is 2.19. The number of rotatable bonds is 5. The Bertz CT molecular complexity index is 684. The summed E-state index contributed by atoms with van der Waals surface area (Å²) in [6.07, 6.45) is -0.567. The van der Waals surface area contributed by atoms with Crippen LogP contribution in [-0.2, 0) is 10.3 Å². The third-order valence-corrected chi connectivity index (χ3v) is 4.47. The minimum absolute atomic E-state index is 0. The van der Waals surface area contributed by atoms with Gasteiger partial charge in [-0.3, -0.25) is 0 Å². The van der Waals surface area contributed by atoms with Gasteiger partial charge in [-0.05, 0) is 31.0 Å². The van der Waals surface area contributed by atoms with Crippen molar-refractivity contribution in [3.63, 3.8) is 0 Å². The lowest BCUT2D eigenvalue weighted by molar-refractivity contribution is -0.0434. The second-order valence-electron chi connectivity index (χ2n) is 6.04. The van der Waals surface area contributed by atoms with E-state index in [-0.39, 0.29) is 12.4 Å². The highest BCUT2D eigenvalue weighted by Crippen LogP contribution is 2.42. The van der Waals surface area contributed by atoms with E-state index in [4.69, 9.17) is 9.47 Å². The highest BCUT2D eigenvalue weighted by molar-refractivity contribution is 5.85. The number of morpholine rings is 1. The van der Waals surface area contributed by atoms with Crippen molar-refractivity contribution in [3.8, 4) is 5.75 Å². The Morgan fingerprint density at radius 2 is 1.84 bits per heavy atom. The van der Waals surface area contributed by atoms with E-state index in [0.29, 0.717) is 19.8 Å². The van der Waals surface area contributed by atoms with Gasteiger partial charge in [-0.25, -0.2) is 0 Å². The van der Waals surface area contributed by atoms with Crippen molar-refractivity contribution < 1.29 is 14.6 Å². The van der Waals surface area contributed by atoms with Crippen LogP contribution in [0.2, 0.25) is 0 Å². The molecule has 1 heterocycles. The van der Waals surface area contributed by atoms with Crippen LogP contribution in [0.15, 0.2) is 48.5 Å². The number of aliphatic hydroxyl groups is 1. The zero-order valence-corrected chi connectivity index (χ0v) is 15.5. The maximum absolute atomic E-state index is 10.3. The molecule has 1 aliphatic heterocycles. The largest absolute Gasteiger partial charge is 0.493 e. The molecule has 2 aromatic rings. The maximum Gasteiger partial charge on any atom is 0.134 e. The minimum atomic E-state index is -0.669. The summed E-state index contributed by atoms with van der Waals surface area (Å²) in [6, 6.07) is 15.9. The van der Waals surface area contributed by atoms with Gasteiger partial charge in [-0.15, -0.1) is 12.4 Å². The minimum Gasteiger partial charge on any atom is -0.493 e. The molecule has 136 valence electrons. The lowest BCUT2D eigenvalue weighted by atomic mass is 9.81. The monoisotopic (exact) mass is 363 g/mol. The smallest absolute Gasteiger partial charge is 0.134 e. The molecule has 1 aliphatic rings. The second-order valence-corrected chi connectivity index (χ2v) is 6.04. The second kappa shape index (κ2) is 8.68. The average molecular weight is 364 g/mol. The van der Waals surface area contributed by atoms with Gasteiger partial charge in [0.2, 0.25) is 0 Å². The molecule has 0 radical (unpaired) electrons. The SMILES string of the molecule is CCOc1ccccc1C1(c2ccccc2C(C)O)CNCCO1.Cl. The predicted molar refractivity (Wildman–Crippen MR) is 102 cm³/mol. The fraction of sp³-hybridized carbons (Fsp3) is 0.400. The third-order valence-electron chi connectivity index (χ3n) is 4.47. The van der Waals surface area contributed by atoms with E-state index in [0.717, 1.165) is 29.0 Å². The number of aliphatic hydroxyl groups excluding tert-OH is 1. The molecular weight excluding hydrogens is 338 g/mol. The molecule has 0 bridgehead atoms. The first-order chi connectivity index (χ1) is 11.7. The Labute approximate surface area is 155 Å². The third kappa shape index (κ3) is 3.82. The highest BCUT2D eigenvalue weighted by atomic mass is 35.5. The van der Waals surface area contributed by atoms with Crippen LogP contribution in [0.25, 0.3) is 0 Å². The van der Waals surface area contributed by atoms with Gasteiger partial charge in [0.15, 0.2) is 0 Å². The lowest BCUT2D eigenvalue weighted by Gasteiger charge is -2.40. The van der Waals surface area contributed by atoms with Crippen molar-refractivity contribution in [3.05, 3.63) is 65.2 Å². The predicted octanol–water partition coefficient (Wildman–Crippen LogP) is 3.42. The lowest BCUT2D eigenvalue weighted by Crippen LogP contribution is -2.49. The quantitative estimate of drug-likeness (QED) is 0.854. The van der Waals surface area contributed by atoms with E-state index in [2.05, 4.69) is 11.4 Å². The zero-order valence-electron chi connectivity index (χ0n) is 14.7. The molecule has 2 aromatic carbocycles. The van der Waals surface area contributed by atoms with Crippen LogP contribution < -0.4 is 10.1 Å². The molecule has 4 nitrogen and oxygen atoms in total. The van der Waals surface area contributed by atoms with Gasteiger partial charge in [-0.1, -0.05) is 42.5 Å². The normalized spacial score (nSPS) is 21.2. The van der Waals surface area contributed by atoms with Gasteiger partial charge in [0.1, 0.15) is 11.4 Å². The maximum atomic E-state index is 10.3. The van der Waals surface area contributed by atoms with Crippen LogP contribution in [0.3, 0.4) is 0 Å². The summed E-state index contributed by atoms with van der Waals surface area (Å²) in [5.74, 6) is 0.823. The molecule has 0 saturated carbocycles. The van der Waals surface area contributed by atoms with Crippen molar-refractivity contribution in [1.82, 2.24) is 5.32 Å². The Kier molecular flexibility index (Phi) is 6.85. The van der Waals surface area contributed by atoms with Crippen molar-refractivity contribution in [2.75, 3.05) is 26.3 Å². The fourth-order valence-corrected chi connectivity index (χ4v) is 3.41. The van der Waals surface area contributed by atoms with Gasteiger partial charge in [-0.2, -0.15) is 0 Å². The molecule has 0 aliphatic carbocycles. The number of hydrogen-bond donors (Lipinski definition) is 2. The number of nitrogens with one attached hydrogen (secondary N) is 1. The first kappa shape index (κ1) is 19.7. The molecule has 2 N–H and O–H groups in total. The van der Waals surface area contributed by atoms with Crippen LogP contribution in [0.1, 0.15) is 36.6 Å². The average Bonchev–Trinajstić information content (AvgIpc) is 2.63. The van der Waals surface area contributed by atoms with Gasteiger partial charge in [0, 0.05) is 18.7 Å². The summed E-state index contributed by atoms with van der Waals surface area (Å²) in [7, 11) is 0. The van der Waals surface area contributed by atoms with Crippen LogP contribution in [0, 0.1) is 0 Å². The van der Waals surface area contributed by atoms with E-state index in [1.165, 1.54) is 0 Å². The van der Waals surface area contributed by atoms with Crippen LogP contribution >= 0.6 is 12.4 Å². The number of hydrogen-bond acceptors (Lipinski definition) is 4. The molecule has 0 amide bonds. The van der Waals surface area contributed by atoms with E-state index in [9.17, 15) is 5.11 Å². The van der Waals surface area contributed by atoms with Crippen molar-refractivity contribution in [2.24, 2.45) is 0 Å². The summed E-state index contributed by atoms with van der Waals surface area (Å²) in [5, 5.41) is 13.7. The van der Waals surface area contributed by atoms with Gasteiger partial charge >= 0.3 is 0 Å². The number of benzene rings is 2. The molecule has 2 unspecified atom stereocenters. The van der Waals surface area contributed by atoms with Crippen molar-refractivity contribution >= 4 is 12.4 Å². The summed E-state index contributed by atoms with van der Waals surface area (Å²) >= 11 is 0. The topological polar surface area (TPSA) is 50.7 Å². The van der Waals surface area contributed by atoms with E-state index in [1.807, 2.05) is 49.4 Å². The van der Waals surface area contributed by atoms with E-state index in [1.54, 1.807) is 6.92 Å². The molecule has 0 spiro atoms. The van der Waals surface area contributed by atoms with Crippen LogP contribution in [0.5, 0.6) is 5.75 Å². The Balaban J connectivity index is 0.00000225. The molecular formula is C20H26ClNO3. The fourth-order valence-electron chi connectivity index (χ4n) is 3.41. The zero-order chi connectivity index (χ0) is 17.0. The van der Waals surface area contributed by atoms with E-state index < -0.39 is 11.7 Å². The first-order valence-corrected chi connectivity index (χ1v) is 8.53. The highest BCUT2D eigenvalue weighted by Gasteiger charge is 2.41. The van der Waals surface area contributed by atoms with Crippen molar-refractivity contribution in [1.29, 1.82) is 0 Å². The summed E-state index contributed by atoms with van der Waals surface area (Å²) < 4.78 is 12.2. The van der Waals surface area contributed by atoms with E-state index >= 15 is 0 Å². The van der Waals surface area contributed by atoms with Crippen LogP contribution in [0.4, 0.5) is 0 Å². The molecule has 3 rings (SSSR count). The number of para-hydroxylation sites is 1. The van der Waals surface area contributed by atoms with Crippen LogP contribution in [-0.4, -0.2) is 31.4 Å². The van der Waals surface area contributed by atoms with Gasteiger partial charge in [0.05, 0.1) is 19.3 Å². The molecule has 2 atom stereocenters. The Morgan fingerprint density at radius 3 is 2.48 bits per heavy atom. The van der Waals surface area contributed by atoms with Gasteiger partial charge in [0.25, 0.3) is 0 Å². The molecule has 5 heteroatoms. The first-order valence-electron chi connectivity index (χ1n) is 8.53. The van der Waals surface area contributed by atoms with Gasteiger partial charge < -0.3 is 19.9 Å².